The number of Topliss-reactive ketones (excluding diaryl/α,β-unsaturated/α-hetero) is 1. The molecule has 3 aromatic rings. The fraction of sp³-hybridized carbons (Fsp3) is 0.115. The van der Waals surface area contributed by atoms with Gasteiger partial charge in [0.05, 0.1) is 4.90 Å². The molecule has 168 valence electrons. The van der Waals surface area contributed by atoms with Crippen molar-refractivity contribution in [3.8, 4) is 0 Å². The van der Waals surface area contributed by atoms with Gasteiger partial charge in [-0.1, -0.05) is 65.2 Å². The Balaban J connectivity index is 1.77. The lowest BCUT2D eigenvalue weighted by atomic mass is 9.95. The first-order valence-corrected chi connectivity index (χ1v) is 12.5. The average molecular weight is 498 g/mol. The van der Waals surface area contributed by atoms with Crippen LogP contribution < -0.4 is 0 Å². The molecule has 0 radical (unpaired) electrons. The van der Waals surface area contributed by atoms with Gasteiger partial charge in [0.25, 0.3) is 0 Å². The van der Waals surface area contributed by atoms with Crippen molar-refractivity contribution in [1.29, 1.82) is 0 Å². The number of carbonyl (C=O) groups excluding carboxylic acids is 1. The number of nitrogens with zero attached hydrogens (tertiary/aromatic N) is 1. The normalized spacial score (nSPS) is 17.6. The molecule has 1 aliphatic heterocycles. The molecule has 1 heterocycles. The maximum atomic E-state index is 13.4. The van der Waals surface area contributed by atoms with E-state index in [4.69, 9.17) is 23.2 Å². The fourth-order valence-electron chi connectivity index (χ4n) is 3.56. The molecule has 0 N–H and O–H groups in total. The first-order chi connectivity index (χ1) is 15.7. The molecule has 0 aromatic heterocycles. The molecular formula is C26H21Cl2NO3S. The molecule has 1 saturated heterocycles. The minimum atomic E-state index is -3.81. The summed E-state index contributed by atoms with van der Waals surface area (Å²) in [6.45, 7) is 1.86. The van der Waals surface area contributed by atoms with Gasteiger partial charge in [-0.3, -0.25) is 4.79 Å². The fourth-order valence-corrected chi connectivity index (χ4v) is 5.21. The number of rotatable bonds is 4. The number of ketones is 1. The summed E-state index contributed by atoms with van der Waals surface area (Å²) in [4.78, 5) is 13.5. The highest BCUT2D eigenvalue weighted by Crippen LogP contribution is 2.27. The minimum Gasteiger partial charge on any atom is -0.289 e. The van der Waals surface area contributed by atoms with Crippen LogP contribution in [-0.4, -0.2) is 31.6 Å². The maximum Gasteiger partial charge on any atom is 0.243 e. The first-order valence-electron chi connectivity index (χ1n) is 10.3. The van der Waals surface area contributed by atoms with Crippen LogP contribution in [0.5, 0.6) is 0 Å². The first kappa shape index (κ1) is 23.5. The molecule has 3 aromatic carbocycles. The second-order valence-electron chi connectivity index (χ2n) is 7.86. The summed E-state index contributed by atoms with van der Waals surface area (Å²) in [6.07, 6.45) is 3.43. The van der Waals surface area contributed by atoms with Crippen molar-refractivity contribution in [1.82, 2.24) is 4.31 Å². The molecule has 0 unspecified atom stereocenters. The monoisotopic (exact) mass is 497 g/mol. The third-order valence-corrected chi connectivity index (χ3v) is 7.67. The van der Waals surface area contributed by atoms with Gasteiger partial charge in [0.1, 0.15) is 0 Å². The highest BCUT2D eigenvalue weighted by molar-refractivity contribution is 7.89. The Morgan fingerprint density at radius 2 is 1.15 bits per heavy atom. The third kappa shape index (κ3) is 5.45. The maximum absolute atomic E-state index is 13.4. The van der Waals surface area contributed by atoms with E-state index in [2.05, 4.69) is 0 Å². The number of sulfonamides is 1. The summed E-state index contributed by atoms with van der Waals surface area (Å²) in [6, 6.07) is 20.8. The highest BCUT2D eigenvalue weighted by Gasteiger charge is 2.34. The minimum absolute atomic E-state index is 0.0182. The quantitative estimate of drug-likeness (QED) is 0.412. The van der Waals surface area contributed by atoms with Crippen molar-refractivity contribution in [2.24, 2.45) is 0 Å². The number of piperidine rings is 1. The van der Waals surface area contributed by atoms with Crippen LogP contribution >= 0.6 is 23.2 Å². The van der Waals surface area contributed by atoms with E-state index < -0.39 is 10.0 Å². The zero-order valence-electron chi connectivity index (χ0n) is 17.8. The summed E-state index contributed by atoms with van der Waals surface area (Å²) in [7, 11) is -3.81. The van der Waals surface area contributed by atoms with E-state index in [1.54, 1.807) is 84.9 Å². The van der Waals surface area contributed by atoms with Crippen molar-refractivity contribution >= 4 is 51.2 Å². The molecule has 4 rings (SSSR count). The van der Waals surface area contributed by atoms with E-state index in [1.165, 1.54) is 4.31 Å². The molecule has 0 spiro atoms. The van der Waals surface area contributed by atoms with Crippen LogP contribution in [0.15, 0.2) is 88.8 Å². The Labute approximate surface area is 203 Å². The van der Waals surface area contributed by atoms with Crippen LogP contribution in [0.3, 0.4) is 0 Å². The predicted octanol–water partition coefficient (Wildman–Crippen LogP) is 6.04. The van der Waals surface area contributed by atoms with Gasteiger partial charge in [-0.2, -0.15) is 4.31 Å². The Morgan fingerprint density at radius 3 is 1.58 bits per heavy atom. The lowest BCUT2D eigenvalue weighted by Crippen LogP contribution is -2.41. The Bertz CT molecular complexity index is 1270. The smallest absolute Gasteiger partial charge is 0.243 e. The zero-order chi connectivity index (χ0) is 23.6. The number of benzene rings is 3. The van der Waals surface area contributed by atoms with Crippen molar-refractivity contribution in [3.05, 3.63) is 111 Å². The van der Waals surface area contributed by atoms with E-state index in [-0.39, 0.29) is 23.8 Å². The molecule has 1 aliphatic rings. The van der Waals surface area contributed by atoms with Gasteiger partial charge in [-0.05, 0) is 66.6 Å². The average Bonchev–Trinajstić information content (AvgIpc) is 2.79. The summed E-state index contributed by atoms with van der Waals surface area (Å²) in [5.41, 5.74) is 3.28. The van der Waals surface area contributed by atoms with Crippen molar-refractivity contribution in [2.45, 2.75) is 11.8 Å². The summed E-state index contributed by atoms with van der Waals surface area (Å²) >= 11 is 12.0. The molecule has 0 atom stereocenters. The van der Waals surface area contributed by atoms with Crippen LogP contribution in [0.25, 0.3) is 12.2 Å². The summed E-state index contributed by atoms with van der Waals surface area (Å²) in [5.74, 6) is -0.185. The van der Waals surface area contributed by atoms with Gasteiger partial charge in [0, 0.05) is 34.3 Å². The van der Waals surface area contributed by atoms with Crippen molar-refractivity contribution in [3.63, 3.8) is 0 Å². The van der Waals surface area contributed by atoms with E-state index >= 15 is 0 Å². The standard InChI is InChI=1S/C26H21Cl2NO3S/c1-18-2-12-25(13-3-18)33(31,32)29-16-21(14-19-4-8-23(27)9-5-19)26(30)22(17-29)15-20-6-10-24(28)11-7-20/h2-15H,16-17H2,1H3/b21-14-,22-15+. The Morgan fingerprint density at radius 1 is 0.727 bits per heavy atom. The lowest BCUT2D eigenvalue weighted by Gasteiger charge is -2.29. The van der Waals surface area contributed by atoms with Crippen molar-refractivity contribution < 1.29 is 13.2 Å². The van der Waals surface area contributed by atoms with Gasteiger partial charge < -0.3 is 0 Å². The van der Waals surface area contributed by atoms with Crippen LogP contribution in [0.1, 0.15) is 16.7 Å². The van der Waals surface area contributed by atoms with Crippen LogP contribution in [0.2, 0.25) is 10.0 Å². The Hall–Kier alpha value is -2.70. The molecule has 0 amide bonds. The number of halogens is 2. The second kappa shape index (κ2) is 9.65. The lowest BCUT2D eigenvalue weighted by molar-refractivity contribution is -0.113. The molecule has 0 bridgehead atoms. The van der Waals surface area contributed by atoms with E-state index in [9.17, 15) is 13.2 Å². The van der Waals surface area contributed by atoms with Crippen LogP contribution in [0, 0.1) is 6.92 Å². The van der Waals surface area contributed by atoms with Crippen molar-refractivity contribution in [2.75, 3.05) is 13.1 Å². The number of hydrogen-bond acceptors (Lipinski definition) is 3. The molecule has 1 fully saturated rings. The molecule has 7 heteroatoms. The van der Waals surface area contributed by atoms with Gasteiger partial charge in [0.15, 0.2) is 5.78 Å². The topological polar surface area (TPSA) is 54.5 Å². The van der Waals surface area contributed by atoms with Crippen LogP contribution in [-0.2, 0) is 14.8 Å². The van der Waals surface area contributed by atoms with E-state index in [0.717, 1.165) is 16.7 Å². The van der Waals surface area contributed by atoms with Gasteiger partial charge in [-0.25, -0.2) is 8.42 Å². The Kier molecular flexibility index (Phi) is 6.86. The van der Waals surface area contributed by atoms with E-state index in [1.807, 2.05) is 6.92 Å². The largest absolute Gasteiger partial charge is 0.289 e. The number of aryl methyl sites for hydroxylation is 1. The molecular weight excluding hydrogens is 477 g/mol. The summed E-state index contributed by atoms with van der Waals surface area (Å²) in [5, 5.41) is 1.16. The zero-order valence-corrected chi connectivity index (χ0v) is 20.2. The van der Waals surface area contributed by atoms with E-state index in [0.29, 0.717) is 21.2 Å². The molecule has 33 heavy (non-hydrogen) atoms. The number of carbonyl (C=O) groups is 1. The molecule has 0 saturated carbocycles. The highest BCUT2D eigenvalue weighted by atomic mass is 35.5. The summed E-state index contributed by atoms with van der Waals surface area (Å²) < 4.78 is 28.2. The van der Waals surface area contributed by atoms with Gasteiger partial charge in [-0.15, -0.1) is 0 Å². The van der Waals surface area contributed by atoms with Crippen LogP contribution in [0.4, 0.5) is 0 Å². The molecule has 0 aliphatic carbocycles. The molecule has 4 nitrogen and oxygen atoms in total. The third-order valence-electron chi connectivity index (χ3n) is 5.36. The predicted molar refractivity (Wildman–Crippen MR) is 134 cm³/mol. The SMILES string of the molecule is Cc1ccc(S(=O)(=O)N2C/C(=C/c3ccc(Cl)cc3)C(=O)/C(=C/c3ccc(Cl)cc3)C2)cc1. The van der Waals surface area contributed by atoms with Gasteiger partial charge >= 0.3 is 0 Å². The second-order valence-corrected chi connectivity index (χ2v) is 10.7. The van der Waals surface area contributed by atoms with Gasteiger partial charge in [0.2, 0.25) is 10.0 Å². The number of hydrogen-bond donors (Lipinski definition) is 0.